The molecule has 132 valence electrons. The Labute approximate surface area is 151 Å². The van der Waals surface area contributed by atoms with Gasteiger partial charge in [0, 0.05) is 23.2 Å². The van der Waals surface area contributed by atoms with E-state index in [-0.39, 0.29) is 5.78 Å². The highest BCUT2D eigenvalue weighted by Gasteiger charge is 2.17. The number of ketones is 1. The lowest BCUT2D eigenvalue weighted by Crippen LogP contribution is -2.11. The summed E-state index contributed by atoms with van der Waals surface area (Å²) in [5.74, 6) is 2.01. The number of hydrogen-bond donors (Lipinski definition) is 1. The summed E-state index contributed by atoms with van der Waals surface area (Å²) in [6.07, 6.45) is 2.54. The Morgan fingerprint density at radius 2 is 2.00 bits per heavy atom. The van der Waals surface area contributed by atoms with Crippen LogP contribution >= 0.6 is 0 Å². The number of carbonyl (C=O) groups is 1. The molecule has 1 heterocycles. The molecule has 26 heavy (non-hydrogen) atoms. The number of rotatable bonds is 5. The van der Waals surface area contributed by atoms with Crippen molar-refractivity contribution < 1.29 is 14.1 Å². The standard InChI is InChI=1S/C20H19N3O3/c1-25-16-9-6-14(7-10-16)20-22-19(23-26-20)12-21-15-8-5-13-3-2-4-18(24)17(13)11-15/h5-11,21H,2-4,12H2,1H3. The Kier molecular flexibility index (Phi) is 4.39. The molecule has 4 rings (SSSR count). The zero-order chi connectivity index (χ0) is 17.9. The van der Waals surface area contributed by atoms with Crippen LogP contribution in [-0.4, -0.2) is 23.0 Å². The number of benzene rings is 2. The summed E-state index contributed by atoms with van der Waals surface area (Å²) in [5, 5.41) is 7.26. The van der Waals surface area contributed by atoms with Gasteiger partial charge in [-0.1, -0.05) is 11.2 Å². The van der Waals surface area contributed by atoms with Crippen LogP contribution in [0.3, 0.4) is 0 Å². The van der Waals surface area contributed by atoms with E-state index in [9.17, 15) is 4.79 Å². The third-order valence-corrected chi connectivity index (χ3v) is 4.52. The Morgan fingerprint density at radius 3 is 2.81 bits per heavy atom. The SMILES string of the molecule is COc1ccc(-c2nc(CNc3ccc4c(c3)C(=O)CCC4)no2)cc1. The van der Waals surface area contributed by atoms with Crippen molar-refractivity contribution in [3.63, 3.8) is 0 Å². The fourth-order valence-electron chi connectivity index (χ4n) is 3.10. The van der Waals surface area contributed by atoms with Crippen LogP contribution in [-0.2, 0) is 13.0 Å². The van der Waals surface area contributed by atoms with Crippen LogP contribution in [0.25, 0.3) is 11.5 Å². The first kappa shape index (κ1) is 16.3. The number of aromatic nitrogens is 2. The molecule has 1 aromatic heterocycles. The van der Waals surface area contributed by atoms with E-state index in [1.54, 1.807) is 7.11 Å². The smallest absolute Gasteiger partial charge is 0.257 e. The number of ether oxygens (including phenoxy) is 1. The number of fused-ring (bicyclic) bond motifs is 1. The molecule has 0 bridgehead atoms. The molecular weight excluding hydrogens is 330 g/mol. The minimum Gasteiger partial charge on any atom is -0.497 e. The maximum Gasteiger partial charge on any atom is 0.257 e. The first-order valence-corrected chi connectivity index (χ1v) is 8.60. The monoisotopic (exact) mass is 349 g/mol. The van der Waals surface area contributed by atoms with Crippen molar-refractivity contribution in [3.8, 4) is 17.2 Å². The second kappa shape index (κ2) is 7.00. The number of Topliss-reactive ketones (excluding diaryl/α,β-unsaturated/α-hetero) is 1. The highest BCUT2D eigenvalue weighted by molar-refractivity contribution is 5.99. The highest BCUT2D eigenvalue weighted by Crippen LogP contribution is 2.25. The molecule has 0 fully saturated rings. The second-order valence-corrected chi connectivity index (χ2v) is 6.25. The molecule has 6 heteroatoms. The average Bonchev–Trinajstić information content (AvgIpc) is 3.16. The molecule has 0 aliphatic heterocycles. The average molecular weight is 349 g/mol. The Balaban J connectivity index is 1.45. The predicted molar refractivity (Wildman–Crippen MR) is 97.3 cm³/mol. The first-order valence-electron chi connectivity index (χ1n) is 8.60. The van der Waals surface area contributed by atoms with E-state index in [1.807, 2.05) is 42.5 Å². The molecule has 3 aromatic rings. The van der Waals surface area contributed by atoms with Crippen LogP contribution in [0.4, 0.5) is 5.69 Å². The van der Waals surface area contributed by atoms with Gasteiger partial charge < -0.3 is 14.6 Å². The third-order valence-electron chi connectivity index (χ3n) is 4.52. The quantitative estimate of drug-likeness (QED) is 0.753. The zero-order valence-electron chi connectivity index (χ0n) is 14.5. The normalized spacial score (nSPS) is 13.3. The maximum absolute atomic E-state index is 12.0. The van der Waals surface area contributed by atoms with Gasteiger partial charge in [-0.2, -0.15) is 4.98 Å². The number of nitrogens with zero attached hydrogens (tertiary/aromatic N) is 2. The van der Waals surface area contributed by atoms with E-state index in [4.69, 9.17) is 9.26 Å². The van der Waals surface area contributed by atoms with E-state index >= 15 is 0 Å². The van der Waals surface area contributed by atoms with E-state index in [2.05, 4.69) is 15.5 Å². The molecule has 1 aliphatic carbocycles. The lowest BCUT2D eigenvalue weighted by molar-refractivity contribution is 0.0972. The summed E-state index contributed by atoms with van der Waals surface area (Å²) < 4.78 is 10.5. The fourth-order valence-corrected chi connectivity index (χ4v) is 3.10. The van der Waals surface area contributed by atoms with Gasteiger partial charge in [0.25, 0.3) is 5.89 Å². The van der Waals surface area contributed by atoms with Crippen molar-refractivity contribution in [2.45, 2.75) is 25.8 Å². The van der Waals surface area contributed by atoms with Crippen LogP contribution in [0.15, 0.2) is 47.0 Å². The molecule has 6 nitrogen and oxygen atoms in total. The summed E-state index contributed by atoms with van der Waals surface area (Å²) in [7, 11) is 1.62. The van der Waals surface area contributed by atoms with Crippen LogP contribution in [0.2, 0.25) is 0 Å². The van der Waals surface area contributed by atoms with Crippen molar-refractivity contribution in [1.29, 1.82) is 0 Å². The first-order chi connectivity index (χ1) is 12.7. The molecule has 0 saturated carbocycles. The van der Waals surface area contributed by atoms with E-state index < -0.39 is 0 Å². The van der Waals surface area contributed by atoms with Gasteiger partial charge in [-0.05, 0) is 54.8 Å². The van der Waals surface area contributed by atoms with Crippen LogP contribution in [0, 0.1) is 0 Å². The number of aryl methyl sites for hydroxylation is 1. The minimum atomic E-state index is 0.219. The van der Waals surface area contributed by atoms with E-state index in [0.29, 0.717) is 24.7 Å². The molecule has 0 amide bonds. The molecule has 0 atom stereocenters. The molecule has 0 radical (unpaired) electrons. The Hall–Kier alpha value is -3.15. The lowest BCUT2D eigenvalue weighted by Gasteiger charge is -2.15. The van der Waals surface area contributed by atoms with E-state index in [0.717, 1.165) is 41.0 Å². The van der Waals surface area contributed by atoms with Crippen molar-refractivity contribution >= 4 is 11.5 Å². The van der Waals surface area contributed by atoms with Gasteiger partial charge in [-0.3, -0.25) is 4.79 Å². The van der Waals surface area contributed by atoms with Crippen molar-refractivity contribution in [2.24, 2.45) is 0 Å². The largest absolute Gasteiger partial charge is 0.497 e. The summed E-state index contributed by atoms with van der Waals surface area (Å²) in [6, 6.07) is 13.4. The summed E-state index contributed by atoms with van der Waals surface area (Å²) in [5.41, 5.74) is 3.68. The van der Waals surface area contributed by atoms with Gasteiger partial charge in [0.05, 0.1) is 13.7 Å². The molecule has 1 aliphatic rings. The van der Waals surface area contributed by atoms with Gasteiger partial charge in [0.15, 0.2) is 11.6 Å². The van der Waals surface area contributed by atoms with Gasteiger partial charge in [-0.15, -0.1) is 0 Å². The van der Waals surface area contributed by atoms with Gasteiger partial charge in [-0.25, -0.2) is 0 Å². The summed E-state index contributed by atoms with van der Waals surface area (Å²) >= 11 is 0. The Morgan fingerprint density at radius 1 is 1.15 bits per heavy atom. The maximum atomic E-state index is 12.0. The summed E-state index contributed by atoms with van der Waals surface area (Å²) in [6.45, 7) is 0.423. The highest BCUT2D eigenvalue weighted by atomic mass is 16.5. The molecule has 0 unspecified atom stereocenters. The molecule has 1 N–H and O–H groups in total. The fraction of sp³-hybridized carbons (Fsp3) is 0.250. The number of anilines is 1. The zero-order valence-corrected chi connectivity index (χ0v) is 14.5. The van der Waals surface area contributed by atoms with Crippen LogP contribution in [0.5, 0.6) is 5.75 Å². The number of nitrogens with one attached hydrogen (secondary N) is 1. The molecular formula is C20H19N3O3. The van der Waals surface area contributed by atoms with Crippen molar-refractivity contribution in [1.82, 2.24) is 10.1 Å². The third kappa shape index (κ3) is 3.31. The number of methoxy groups -OCH3 is 1. The van der Waals surface area contributed by atoms with Crippen LogP contribution < -0.4 is 10.1 Å². The molecule has 2 aromatic carbocycles. The minimum absolute atomic E-state index is 0.219. The van der Waals surface area contributed by atoms with Crippen molar-refractivity contribution in [3.05, 3.63) is 59.4 Å². The lowest BCUT2D eigenvalue weighted by atomic mass is 9.90. The second-order valence-electron chi connectivity index (χ2n) is 6.25. The summed E-state index contributed by atoms with van der Waals surface area (Å²) in [4.78, 5) is 16.4. The van der Waals surface area contributed by atoms with Gasteiger partial charge in [0.2, 0.25) is 0 Å². The van der Waals surface area contributed by atoms with Gasteiger partial charge in [0.1, 0.15) is 5.75 Å². The topological polar surface area (TPSA) is 77.2 Å². The van der Waals surface area contributed by atoms with Crippen molar-refractivity contribution in [2.75, 3.05) is 12.4 Å². The number of carbonyl (C=O) groups excluding carboxylic acids is 1. The number of hydrogen-bond acceptors (Lipinski definition) is 6. The van der Waals surface area contributed by atoms with Crippen LogP contribution in [0.1, 0.15) is 34.6 Å². The Bertz CT molecular complexity index is 932. The molecule has 0 saturated heterocycles. The predicted octanol–water partition coefficient (Wildman–Crippen LogP) is 3.88. The van der Waals surface area contributed by atoms with E-state index in [1.165, 1.54) is 0 Å². The van der Waals surface area contributed by atoms with Gasteiger partial charge >= 0.3 is 0 Å². The molecule has 0 spiro atoms.